The van der Waals surface area contributed by atoms with Crippen molar-refractivity contribution in [3.8, 4) is 50.2 Å². The SMILES string of the molecule is c1ccc(-c2ccccc2-c2c3ccccc3c(-c3ccc(-c4ccc5c(c4)c4ccccc4n5-c4ccccc4)cc3)c3ccccc23)cc1. The Morgan fingerprint density at radius 1 is 0.255 bits per heavy atom. The second-order valence-corrected chi connectivity index (χ2v) is 13.3. The summed E-state index contributed by atoms with van der Waals surface area (Å²) < 4.78 is 2.37. The first-order chi connectivity index (χ1) is 25.3. The molecule has 238 valence electrons. The van der Waals surface area contributed by atoms with Gasteiger partial charge in [0.1, 0.15) is 0 Å². The number of hydrogen-bond donors (Lipinski definition) is 0. The molecular formula is C50H33N. The molecule has 10 rings (SSSR count). The minimum absolute atomic E-state index is 1.18. The van der Waals surface area contributed by atoms with Gasteiger partial charge in [0, 0.05) is 16.5 Å². The van der Waals surface area contributed by atoms with Gasteiger partial charge in [0.2, 0.25) is 0 Å². The van der Waals surface area contributed by atoms with E-state index in [1.807, 2.05) is 0 Å². The van der Waals surface area contributed by atoms with E-state index in [1.54, 1.807) is 0 Å². The lowest BCUT2D eigenvalue weighted by Gasteiger charge is -2.19. The van der Waals surface area contributed by atoms with Crippen molar-refractivity contribution in [1.29, 1.82) is 0 Å². The quantitative estimate of drug-likeness (QED) is 0.164. The van der Waals surface area contributed by atoms with Gasteiger partial charge in [-0.1, -0.05) is 170 Å². The average molecular weight is 648 g/mol. The molecule has 0 spiro atoms. The summed E-state index contributed by atoms with van der Waals surface area (Å²) in [5.41, 5.74) is 13.5. The van der Waals surface area contributed by atoms with Crippen LogP contribution in [0.1, 0.15) is 0 Å². The molecule has 0 aliphatic heterocycles. The number of aromatic nitrogens is 1. The zero-order valence-corrected chi connectivity index (χ0v) is 28.0. The standard InChI is InChI=1S/C50H33N/c1-3-15-35(16-4-1)39-19-7-8-21-41(39)50-44-24-11-9-22-42(44)49(43-23-10-12-25-45(43)50)36-29-27-34(28-30-36)37-31-32-48-46(33-37)40-20-13-14-26-47(40)51(48)38-17-5-2-6-18-38/h1-33H. The first-order valence-electron chi connectivity index (χ1n) is 17.6. The molecule has 1 nitrogen and oxygen atoms in total. The summed E-state index contributed by atoms with van der Waals surface area (Å²) in [5, 5.41) is 7.58. The third kappa shape index (κ3) is 4.78. The van der Waals surface area contributed by atoms with E-state index in [2.05, 4.69) is 205 Å². The van der Waals surface area contributed by atoms with Crippen LogP contribution >= 0.6 is 0 Å². The molecule has 0 N–H and O–H groups in total. The smallest absolute Gasteiger partial charge is 0.0541 e. The molecule has 51 heavy (non-hydrogen) atoms. The van der Waals surface area contributed by atoms with Crippen molar-refractivity contribution in [2.75, 3.05) is 0 Å². The molecule has 0 unspecified atom stereocenters. The third-order valence-corrected chi connectivity index (χ3v) is 10.4. The van der Waals surface area contributed by atoms with E-state index in [0.717, 1.165) is 0 Å². The van der Waals surface area contributed by atoms with E-state index in [4.69, 9.17) is 0 Å². The molecule has 0 saturated carbocycles. The summed E-state index contributed by atoms with van der Waals surface area (Å²) in [6.07, 6.45) is 0. The zero-order chi connectivity index (χ0) is 33.7. The van der Waals surface area contributed by atoms with Crippen molar-refractivity contribution in [2.24, 2.45) is 0 Å². The van der Waals surface area contributed by atoms with Crippen molar-refractivity contribution in [3.63, 3.8) is 0 Å². The molecule has 0 bridgehead atoms. The molecule has 0 radical (unpaired) electrons. The van der Waals surface area contributed by atoms with Crippen LogP contribution in [-0.4, -0.2) is 4.57 Å². The molecule has 0 atom stereocenters. The van der Waals surface area contributed by atoms with E-state index in [-0.39, 0.29) is 0 Å². The van der Waals surface area contributed by atoms with Crippen molar-refractivity contribution in [3.05, 3.63) is 200 Å². The van der Waals surface area contributed by atoms with Crippen molar-refractivity contribution in [1.82, 2.24) is 4.57 Å². The summed E-state index contributed by atoms with van der Waals surface area (Å²) in [4.78, 5) is 0. The van der Waals surface area contributed by atoms with Crippen LogP contribution < -0.4 is 0 Å². The van der Waals surface area contributed by atoms with Crippen LogP contribution in [0, 0.1) is 0 Å². The highest BCUT2D eigenvalue weighted by Gasteiger charge is 2.19. The van der Waals surface area contributed by atoms with Crippen LogP contribution in [0.2, 0.25) is 0 Å². The van der Waals surface area contributed by atoms with E-state index in [1.165, 1.54) is 93.5 Å². The first kappa shape index (κ1) is 29.2. The van der Waals surface area contributed by atoms with Crippen molar-refractivity contribution < 1.29 is 0 Å². The van der Waals surface area contributed by atoms with Gasteiger partial charge in [-0.15, -0.1) is 0 Å². The van der Waals surface area contributed by atoms with Crippen LogP contribution in [0.25, 0.3) is 93.5 Å². The molecular weight excluding hydrogens is 615 g/mol. The molecule has 0 aliphatic rings. The Kier molecular flexibility index (Phi) is 6.89. The normalized spacial score (nSPS) is 11.5. The minimum atomic E-state index is 1.18. The summed E-state index contributed by atoms with van der Waals surface area (Å²) in [7, 11) is 0. The van der Waals surface area contributed by atoms with Crippen molar-refractivity contribution in [2.45, 2.75) is 0 Å². The predicted molar refractivity (Wildman–Crippen MR) is 218 cm³/mol. The Morgan fingerprint density at radius 3 is 1.39 bits per heavy atom. The van der Waals surface area contributed by atoms with E-state index < -0.39 is 0 Å². The zero-order valence-electron chi connectivity index (χ0n) is 28.0. The molecule has 1 heteroatoms. The van der Waals surface area contributed by atoms with Gasteiger partial charge in [0.15, 0.2) is 0 Å². The van der Waals surface area contributed by atoms with Crippen LogP contribution in [0.5, 0.6) is 0 Å². The topological polar surface area (TPSA) is 4.93 Å². The van der Waals surface area contributed by atoms with Gasteiger partial charge in [-0.25, -0.2) is 0 Å². The number of rotatable bonds is 5. The molecule has 10 aromatic rings. The fourth-order valence-electron chi connectivity index (χ4n) is 8.14. The Morgan fingerprint density at radius 2 is 0.725 bits per heavy atom. The summed E-state index contributed by atoms with van der Waals surface area (Å²) in [6, 6.07) is 72.9. The van der Waals surface area contributed by atoms with E-state index in [0.29, 0.717) is 0 Å². The fourth-order valence-corrected chi connectivity index (χ4v) is 8.14. The van der Waals surface area contributed by atoms with Crippen LogP contribution in [0.3, 0.4) is 0 Å². The van der Waals surface area contributed by atoms with Crippen LogP contribution in [0.15, 0.2) is 200 Å². The Bertz CT molecular complexity index is 2820. The van der Waals surface area contributed by atoms with Gasteiger partial charge < -0.3 is 4.57 Å². The molecule has 9 aromatic carbocycles. The highest BCUT2D eigenvalue weighted by Crippen LogP contribution is 2.46. The molecule has 1 heterocycles. The third-order valence-electron chi connectivity index (χ3n) is 10.4. The van der Waals surface area contributed by atoms with E-state index in [9.17, 15) is 0 Å². The van der Waals surface area contributed by atoms with Crippen LogP contribution in [0.4, 0.5) is 0 Å². The Labute approximate surface area is 297 Å². The number of nitrogens with zero attached hydrogens (tertiary/aromatic N) is 1. The molecule has 0 amide bonds. The number of para-hydroxylation sites is 2. The van der Waals surface area contributed by atoms with Gasteiger partial charge in [0.05, 0.1) is 11.0 Å². The predicted octanol–water partition coefficient (Wildman–Crippen LogP) is 13.8. The number of benzene rings is 9. The second kappa shape index (κ2) is 12.0. The minimum Gasteiger partial charge on any atom is -0.309 e. The second-order valence-electron chi connectivity index (χ2n) is 13.3. The Balaban J connectivity index is 1.13. The van der Waals surface area contributed by atoms with Crippen LogP contribution in [-0.2, 0) is 0 Å². The lowest BCUT2D eigenvalue weighted by molar-refractivity contribution is 1.18. The van der Waals surface area contributed by atoms with Gasteiger partial charge in [-0.3, -0.25) is 0 Å². The summed E-state index contributed by atoms with van der Waals surface area (Å²) >= 11 is 0. The molecule has 0 aliphatic carbocycles. The maximum Gasteiger partial charge on any atom is 0.0541 e. The summed E-state index contributed by atoms with van der Waals surface area (Å²) in [5.74, 6) is 0. The monoisotopic (exact) mass is 647 g/mol. The highest BCUT2D eigenvalue weighted by atomic mass is 15.0. The molecule has 0 fully saturated rings. The maximum absolute atomic E-state index is 2.37. The number of fused-ring (bicyclic) bond motifs is 5. The average Bonchev–Trinajstić information content (AvgIpc) is 3.54. The highest BCUT2D eigenvalue weighted by molar-refractivity contribution is 6.22. The lowest BCUT2D eigenvalue weighted by Crippen LogP contribution is -1.93. The molecule has 0 saturated heterocycles. The fraction of sp³-hybridized carbons (Fsp3) is 0. The maximum atomic E-state index is 2.37. The first-order valence-corrected chi connectivity index (χ1v) is 17.6. The van der Waals surface area contributed by atoms with Gasteiger partial charge in [-0.05, 0) is 96.4 Å². The van der Waals surface area contributed by atoms with Gasteiger partial charge in [-0.2, -0.15) is 0 Å². The number of hydrogen-bond acceptors (Lipinski definition) is 0. The largest absolute Gasteiger partial charge is 0.309 e. The molecule has 1 aromatic heterocycles. The Hall–Kier alpha value is -6.70. The lowest BCUT2D eigenvalue weighted by atomic mass is 9.83. The van der Waals surface area contributed by atoms with E-state index >= 15 is 0 Å². The summed E-state index contributed by atoms with van der Waals surface area (Å²) in [6.45, 7) is 0. The van der Waals surface area contributed by atoms with Crippen molar-refractivity contribution >= 4 is 43.4 Å². The van der Waals surface area contributed by atoms with Gasteiger partial charge in [0.25, 0.3) is 0 Å². The van der Waals surface area contributed by atoms with Gasteiger partial charge >= 0.3 is 0 Å².